The molecule has 0 radical (unpaired) electrons. The Labute approximate surface area is 118 Å². The Morgan fingerprint density at radius 3 is 2.72 bits per heavy atom. The first-order chi connectivity index (χ1) is 7.70. The second-order valence-corrected chi connectivity index (χ2v) is 4.03. The second kappa shape index (κ2) is 7.22. The summed E-state index contributed by atoms with van der Waals surface area (Å²) in [4.78, 5) is 11.0. The van der Waals surface area contributed by atoms with Crippen LogP contribution < -0.4 is 11.1 Å². The summed E-state index contributed by atoms with van der Waals surface area (Å²) in [5.74, 6) is -0.0373. The van der Waals surface area contributed by atoms with E-state index in [1.54, 1.807) is 6.07 Å². The standard InChI is InChI=1S/C12H13N3O.2ClH/c13-6-8-2-1-3-9(4-8)10-5-11(12(14)16)15-7-10;;/h1-4,10-11,15H,5,7H2,(H2,14,16);2*1H. The fourth-order valence-corrected chi connectivity index (χ4v) is 2.07. The number of nitriles is 1. The molecule has 1 heterocycles. The molecule has 1 saturated heterocycles. The third-order valence-electron chi connectivity index (χ3n) is 2.96. The molecule has 1 aromatic rings. The van der Waals surface area contributed by atoms with Gasteiger partial charge >= 0.3 is 0 Å². The number of nitrogens with two attached hydrogens (primary N) is 1. The number of amides is 1. The smallest absolute Gasteiger partial charge is 0.234 e. The van der Waals surface area contributed by atoms with Gasteiger partial charge in [-0.1, -0.05) is 12.1 Å². The van der Waals surface area contributed by atoms with E-state index in [4.69, 9.17) is 11.0 Å². The quantitative estimate of drug-likeness (QED) is 0.861. The van der Waals surface area contributed by atoms with Gasteiger partial charge in [0.15, 0.2) is 0 Å². The van der Waals surface area contributed by atoms with Crippen LogP contribution in [0.1, 0.15) is 23.5 Å². The van der Waals surface area contributed by atoms with Crippen LogP contribution in [0.25, 0.3) is 0 Å². The van der Waals surface area contributed by atoms with E-state index in [9.17, 15) is 4.79 Å². The van der Waals surface area contributed by atoms with Gasteiger partial charge in [-0.25, -0.2) is 0 Å². The molecule has 0 aliphatic carbocycles. The number of benzene rings is 1. The predicted octanol–water partition coefficient (Wildman–Crippen LogP) is 1.33. The molecule has 2 unspecified atom stereocenters. The lowest BCUT2D eigenvalue weighted by Crippen LogP contribution is -2.36. The maximum atomic E-state index is 11.0. The van der Waals surface area contributed by atoms with Crippen molar-refractivity contribution in [2.45, 2.75) is 18.4 Å². The minimum atomic E-state index is -0.307. The molecule has 2 rings (SSSR count). The van der Waals surface area contributed by atoms with Gasteiger partial charge in [-0.15, -0.1) is 24.8 Å². The lowest BCUT2D eigenvalue weighted by atomic mass is 9.95. The number of hydrogen-bond acceptors (Lipinski definition) is 3. The Balaban J connectivity index is 0.00000144. The van der Waals surface area contributed by atoms with Crippen LogP contribution in [0.3, 0.4) is 0 Å². The summed E-state index contributed by atoms with van der Waals surface area (Å²) in [6.07, 6.45) is 0.713. The van der Waals surface area contributed by atoms with E-state index in [2.05, 4.69) is 11.4 Å². The Kier molecular flexibility index (Phi) is 6.71. The van der Waals surface area contributed by atoms with Gasteiger partial charge in [0.25, 0.3) is 0 Å². The number of carbonyl (C=O) groups is 1. The summed E-state index contributed by atoms with van der Waals surface area (Å²) in [5.41, 5.74) is 6.99. The van der Waals surface area contributed by atoms with Gasteiger partial charge in [0.2, 0.25) is 5.91 Å². The van der Waals surface area contributed by atoms with E-state index in [1.807, 2.05) is 18.2 Å². The maximum Gasteiger partial charge on any atom is 0.234 e. The lowest BCUT2D eigenvalue weighted by Gasteiger charge is -2.08. The van der Waals surface area contributed by atoms with Crippen molar-refractivity contribution >= 4 is 30.7 Å². The van der Waals surface area contributed by atoms with E-state index in [0.717, 1.165) is 12.1 Å². The topological polar surface area (TPSA) is 78.9 Å². The van der Waals surface area contributed by atoms with Gasteiger partial charge in [-0.2, -0.15) is 5.26 Å². The van der Waals surface area contributed by atoms with Crippen LogP contribution in [0.2, 0.25) is 0 Å². The monoisotopic (exact) mass is 287 g/mol. The normalized spacial score (nSPS) is 21.3. The average molecular weight is 288 g/mol. The molecule has 1 aliphatic rings. The molecule has 0 aromatic heterocycles. The fraction of sp³-hybridized carbons (Fsp3) is 0.333. The zero-order valence-corrected chi connectivity index (χ0v) is 11.3. The summed E-state index contributed by atoms with van der Waals surface area (Å²) >= 11 is 0. The highest BCUT2D eigenvalue weighted by Crippen LogP contribution is 2.25. The highest BCUT2D eigenvalue weighted by atomic mass is 35.5. The largest absolute Gasteiger partial charge is 0.368 e. The minimum absolute atomic E-state index is 0. The van der Waals surface area contributed by atoms with E-state index in [1.165, 1.54) is 0 Å². The SMILES string of the molecule is Cl.Cl.N#Cc1cccc(C2CNC(C(N)=O)C2)c1. The lowest BCUT2D eigenvalue weighted by molar-refractivity contribution is -0.119. The summed E-state index contributed by atoms with van der Waals surface area (Å²) in [7, 11) is 0. The molecule has 0 spiro atoms. The van der Waals surface area contributed by atoms with Gasteiger partial charge in [0.05, 0.1) is 17.7 Å². The molecule has 2 atom stereocenters. The van der Waals surface area contributed by atoms with Crippen LogP contribution in [-0.2, 0) is 4.79 Å². The molecular weight excluding hydrogens is 273 g/mol. The van der Waals surface area contributed by atoms with Crippen LogP contribution in [0.4, 0.5) is 0 Å². The molecule has 6 heteroatoms. The molecule has 98 valence electrons. The number of carbonyl (C=O) groups excluding carboxylic acids is 1. The zero-order valence-electron chi connectivity index (χ0n) is 9.63. The number of hydrogen-bond donors (Lipinski definition) is 2. The van der Waals surface area contributed by atoms with Gasteiger partial charge in [0, 0.05) is 6.54 Å². The average Bonchev–Trinajstić information content (AvgIpc) is 2.78. The van der Waals surface area contributed by atoms with Crippen LogP contribution in [0.15, 0.2) is 24.3 Å². The predicted molar refractivity (Wildman–Crippen MR) is 74.0 cm³/mol. The summed E-state index contributed by atoms with van der Waals surface area (Å²) in [6, 6.07) is 9.37. The van der Waals surface area contributed by atoms with Gasteiger partial charge < -0.3 is 11.1 Å². The summed E-state index contributed by atoms with van der Waals surface area (Å²) < 4.78 is 0. The first-order valence-corrected chi connectivity index (χ1v) is 5.23. The van der Waals surface area contributed by atoms with E-state index in [0.29, 0.717) is 12.0 Å². The number of primary amides is 1. The van der Waals surface area contributed by atoms with Crippen molar-refractivity contribution in [1.29, 1.82) is 5.26 Å². The second-order valence-electron chi connectivity index (χ2n) is 4.03. The van der Waals surface area contributed by atoms with Gasteiger partial charge in [0.1, 0.15) is 0 Å². The molecule has 1 amide bonds. The third-order valence-corrected chi connectivity index (χ3v) is 2.96. The van der Waals surface area contributed by atoms with E-state index >= 15 is 0 Å². The zero-order chi connectivity index (χ0) is 11.5. The highest BCUT2D eigenvalue weighted by molar-refractivity contribution is 5.85. The van der Waals surface area contributed by atoms with Crippen LogP contribution in [0, 0.1) is 11.3 Å². The molecule has 3 N–H and O–H groups in total. The van der Waals surface area contributed by atoms with Gasteiger partial charge in [-0.3, -0.25) is 4.79 Å². The molecule has 18 heavy (non-hydrogen) atoms. The molecule has 1 fully saturated rings. The van der Waals surface area contributed by atoms with Crippen molar-refractivity contribution in [3.05, 3.63) is 35.4 Å². The first-order valence-electron chi connectivity index (χ1n) is 5.23. The van der Waals surface area contributed by atoms with Crippen molar-refractivity contribution in [3.63, 3.8) is 0 Å². The van der Waals surface area contributed by atoms with Crippen LogP contribution >= 0.6 is 24.8 Å². The third kappa shape index (κ3) is 3.61. The van der Waals surface area contributed by atoms with Crippen molar-refractivity contribution in [2.24, 2.45) is 5.73 Å². The number of rotatable bonds is 2. The van der Waals surface area contributed by atoms with Gasteiger partial charge in [-0.05, 0) is 30.0 Å². The van der Waals surface area contributed by atoms with Crippen LogP contribution in [-0.4, -0.2) is 18.5 Å². The van der Waals surface area contributed by atoms with Crippen molar-refractivity contribution in [3.8, 4) is 6.07 Å². The van der Waals surface area contributed by atoms with Crippen molar-refractivity contribution in [1.82, 2.24) is 5.32 Å². The highest BCUT2D eigenvalue weighted by Gasteiger charge is 2.28. The number of nitrogens with one attached hydrogen (secondary N) is 1. The first kappa shape index (κ1) is 16.7. The van der Waals surface area contributed by atoms with E-state index < -0.39 is 0 Å². The Morgan fingerprint density at radius 2 is 2.17 bits per heavy atom. The number of halogens is 2. The molecule has 0 bridgehead atoms. The molecule has 1 aromatic carbocycles. The molecule has 4 nitrogen and oxygen atoms in total. The van der Waals surface area contributed by atoms with Crippen molar-refractivity contribution < 1.29 is 4.79 Å². The summed E-state index contributed by atoms with van der Waals surface area (Å²) in [5, 5.41) is 11.9. The summed E-state index contributed by atoms with van der Waals surface area (Å²) in [6.45, 7) is 0.739. The van der Waals surface area contributed by atoms with Crippen LogP contribution in [0.5, 0.6) is 0 Å². The van der Waals surface area contributed by atoms with E-state index in [-0.39, 0.29) is 42.7 Å². The Hall–Kier alpha value is -1.28. The molecule has 1 aliphatic heterocycles. The maximum absolute atomic E-state index is 11.0. The molecular formula is C12H15Cl2N3O. The Morgan fingerprint density at radius 1 is 1.44 bits per heavy atom. The minimum Gasteiger partial charge on any atom is -0.368 e. The number of nitrogens with zero attached hydrogens (tertiary/aromatic N) is 1. The van der Waals surface area contributed by atoms with Crippen molar-refractivity contribution in [2.75, 3.05) is 6.54 Å². The molecule has 0 saturated carbocycles. The Bertz CT molecular complexity index is 459. The fourth-order valence-electron chi connectivity index (χ4n) is 2.07.